The fraction of sp³-hybridized carbons (Fsp3) is 0.917. The molecule has 0 unspecified atom stereocenters. The molecule has 0 aliphatic carbocycles. The van der Waals surface area contributed by atoms with E-state index in [4.69, 9.17) is 5.41 Å². The van der Waals surface area contributed by atoms with Crippen molar-refractivity contribution in [2.75, 3.05) is 26.2 Å². The normalized spacial score (nSPS) is 23.7. The number of rotatable bonds is 2. The van der Waals surface area contributed by atoms with Gasteiger partial charge in [0.2, 0.25) is 0 Å². The first-order valence-corrected chi connectivity index (χ1v) is 6.21. The van der Waals surface area contributed by atoms with Gasteiger partial charge < -0.3 is 4.90 Å². The highest BCUT2D eigenvalue weighted by Gasteiger charge is 2.36. The van der Waals surface area contributed by atoms with Crippen molar-refractivity contribution >= 4 is 5.84 Å². The molecule has 0 radical (unpaired) electrons. The Hall–Kier alpha value is -0.570. The van der Waals surface area contributed by atoms with Crippen LogP contribution in [0.3, 0.4) is 0 Å². The SMILES string of the molecule is CC(C)(C(=N)N1CCCC1)N1CCCC1. The number of hydrogen-bond acceptors (Lipinski definition) is 2. The van der Waals surface area contributed by atoms with Crippen LogP contribution in [-0.4, -0.2) is 47.4 Å². The predicted octanol–water partition coefficient (Wildman–Crippen LogP) is 1.93. The summed E-state index contributed by atoms with van der Waals surface area (Å²) in [5.41, 5.74) is -0.0547. The highest BCUT2D eigenvalue weighted by molar-refractivity contribution is 5.88. The van der Waals surface area contributed by atoms with Crippen LogP contribution in [0.1, 0.15) is 39.5 Å². The van der Waals surface area contributed by atoms with E-state index in [0.29, 0.717) is 0 Å². The molecule has 3 nitrogen and oxygen atoms in total. The first-order valence-electron chi connectivity index (χ1n) is 6.21. The highest BCUT2D eigenvalue weighted by Crippen LogP contribution is 2.25. The maximum Gasteiger partial charge on any atom is 0.116 e. The minimum Gasteiger partial charge on any atom is -0.359 e. The molecule has 15 heavy (non-hydrogen) atoms. The summed E-state index contributed by atoms with van der Waals surface area (Å²) in [5.74, 6) is 0.835. The lowest BCUT2D eigenvalue weighted by molar-refractivity contribution is 0.204. The van der Waals surface area contributed by atoms with Crippen LogP contribution < -0.4 is 0 Å². The molecule has 0 atom stereocenters. The summed E-state index contributed by atoms with van der Waals surface area (Å²) >= 11 is 0. The molecule has 0 aromatic heterocycles. The average molecular weight is 209 g/mol. The summed E-state index contributed by atoms with van der Waals surface area (Å²) in [7, 11) is 0. The van der Waals surface area contributed by atoms with Crippen molar-refractivity contribution in [2.24, 2.45) is 0 Å². The van der Waals surface area contributed by atoms with Gasteiger partial charge in [-0.25, -0.2) is 0 Å². The quantitative estimate of drug-likeness (QED) is 0.556. The lowest BCUT2D eigenvalue weighted by Gasteiger charge is -2.39. The molecule has 0 aromatic carbocycles. The lowest BCUT2D eigenvalue weighted by Crippen LogP contribution is -2.54. The number of hydrogen-bond donors (Lipinski definition) is 1. The molecule has 1 N–H and O–H groups in total. The van der Waals surface area contributed by atoms with Crippen LogP contribution in [0.4, 0.5) is 0 Å². The van der Waals surface area contributed by atoms with E-state index in [0.717, 1.165) is 18.9 Å². The molecule has 2 aliphatic heterocycles. The third-order valence-electron chi connectivity index (χ3n) is 3.90. The largest absolute Gasteiger partial charge is 0.359 e. The third kappa shape index (κ3) is 2.03. The van der Waals surface area contributed by atoms with E-state index in [1.807, 2.05) is 0 Å². The van der Waals surface area contributed by atoms with Gasteiger partial charge in [0.05, 0.1) is 5.54 Å². The van der Waals surface area contributed by atoms with E-state index in [2.05, 4.69) is 23.6 Å². The minimum absolute atomic E-state index is 0.0547. The number of amidine groups is 1. The van der Waals surface area contributed by atoms with E-state index in [1.54, 1.807) is 0 Å². The zero-order chi connectivity index (χ0) is 10.9. The molecule has 3 heteroatoms. The van der Waals surface area contributed by atoms with Crippen LogP contribution >= 0.6 is 0 Å². The van der Waals surface area contributed by atoms with Gasteiger partial charge in [-0.3, -0.25) is 10.3 Å². The molecule has 2 saturated heterocycles. The van der Waals surface area contributed by atoms with Gasteiger partial charge in [0, 0.05) is 13.1 Å². The van der Waals surface area contributed by atoms with Gasteiger partial charge in [0.25, 0.3) is 0 Å². The molecule has 0 aromatic rings. The molecule has 2 heterocycles. The molecule has 2 rings (SSSR count). The molecule has 0 saturated carbocycles. The second-order valence-corrected chi connectivity index (χ2v) is 5.30. The molecule has 0 spiro atoms. The fourth-order valence-electron chi connectivity index (χ4n) is 2.75. The molecule has 0 bridgehead atoms. The Bertz CT molecular complexity index is 235. The average Bonchev–Trinajstić information content (AvgIpc) is 2.89. The van der Waals surface area contributed by atoms with Crippen LogP contribution in [0.25, 0.3) is 0 Å². The number of likely N-dealkylation sites (tertiary alicyclic amines) is 2. The van der Waals surface area contributed by atoms with Crippen molar-refractivity contribution in [1.82, 2.24) is 9.80 Å². The predicted molar refractivity (Wildman–Crippen MR) is 63.4 cm³/mol. The second-order valence-electron chi connectivity index (χ2n) is 5.30. The van der Waals surface area contributed by atoms with Gasteiger partial charge in [0.1, 0.15) is 5.84 Å². The van der Waals surface area contributed by atoms with Gasteiger partial charge >= 0.3 is 0 Å². The topological polar surface area (TPSA) is 30.3 Å². The molecule has 2 fully saturated rings. The summed E-state index contributed by atoms with van der Waals surface area (Å²) in [4.78, 5) is 4.73. The van der Waals surface area contributed by atoms with Crippen LogP contribution in [-0.2, 0) is 0 Å². The summed E-state index contributed by atoms with van der Waals surface area (Å²) in [5, 5.41) is 8.34. The lowest BCUT2D eigenvalue weighted by atomic mass is 10.0. The monoisotopic (exact) mass is 209 g/mol. The third-order valence-corrected chi connectivity index (χ3v) is 3.90. The van der Waals surface area contributed by atoms with E-state index < -0.39 is 0 Å². The molecule has 0 amide bonds. The zero-order valence-electron chi connectivity index (χ0n) is 10.1. The standard InChI is InChI=1S/C12H23N3/c1-12(2,15-9-5-6-10-15)11(13)14-7-3-4-8-14/h13H,3-10H2,1-2H3. The Balaban J connectivity index is 2.02. The van der Waals surface area contributed by atoms with E-state index in [-0.39, 0.29) is 5.54 Å². The maximum atomic E-state index is 8.34. The van der Waals surface area contributed by atoms with E-state index in [1.165, 1.54) is 38.8 Å². The van der Waals surface area contributed by atoms with E-state index in [9.17, 15) is 0 Å². The molecular formula is C12H23N3. The minimum atomic E-state index is -0.0547. The van der Waals surface area contributed by atoms with Gasteiger partial charge in [-0.05, 0) is 52.6 Å². The summed E-state index contributed by atoms with van der Waals surface area (Å²) in [6.07, 6.45) is 5.13. The Morgan fingerprint density at radius 3 is 1.93 bits per heavy atom. The zero-order valence-corrected chi connectivity index (χ0v) is 10.1. The highest BCUT2D eigenvalue weighted by atomic mass is 15.3. The first kappa shape index (κ1) is 10.9. The fourth-order valence-corrected chi connectivity index (χ4v) is 2.75. The first-order chi connectivity index (χ1) is 7.12. The van der Waals surface area contributed by atoms with E-state index >= 15 is 0 Å². The van der Waals surface area contributed by atoms with Crippen molar-refractivity contribution in [3.8, 4) is 0 Å². The summed E-state index contributed by atoms with van der Waals surface area (Å²) in [6, 6.07) is 0. The van der Waals surface area contributed by atoms with Crippen LogP contribution in [0, 0.1) is 5.41 Å². The van der Waals surface area contributed by atoms with Crippen molar-refractivity contribution in [1.29, 1.82) is 5.41 Å². The van der Waals surface area contributed by atoms with Crippen molar-refractivity contribution in [2.45, 2.75) is 45.1 Å². The Morgan fingerprint density at radius 1 is 0.933 bits per heavy atom. The van der Waals surface area contributed by atoms with Gasteiger partial charge in [-0.15, -0.1) is 0 Å². The Labute approximate surface area is 92.9 Å². The Morgan fingerprint density at radius 2 is 1.40 bits per heavy atom. The van der Waals surface area contributed by atoms with Crippen LogP contribution in [0.15, 0.2) is 0 Å². The molecule has 2 aliphatic rings. The number of nitrogens with one attached hydrogen (secondary N) is 1. The Kier molecular flexibility index (Phi) is 3.01. The molecule has 86 valence electrons. The van der Waals surface area contributed by atoms with Crippen molar-refractivity contribution in [3.05, 3.63) is 0 Å². The maximum absolute atomic E-state index is 8.34. The van der Waals surface area contributed by atoms with Gasteiger partial charge in [-0.2, -0.15) is 0 Å². The smallest absolute Gasteiger partial charge is 0.116 e. The van der Waals surface area contributed by atoms with Crippen LogP contribution in [0.5, 0.6) is 0 Å². The number of nitrogens with zero attached hydrogens (tertiary/aromatic N) is 2. The summed E-state index contributed by atoms with van der Waals surface area (Å²) in [6.45, 7) is 8.94. The summed E-state index contributed by atoms with van der Waals surface area (Å²) < 4.78 is 0. The van der Waals surface area contributed by atoms with Crippen molar-refractivity contribution < 1.29 is 0 Å². The molecular weight excluding hydrogens is 186 g/mol. The second kappa shape index (κ2) is 4.12. The van der Waals surface area contributed by atoms with Gasteiger partial charge in [-0.1, -0.05) is 0 Å². The van der Waals surface area contributed by atoms with Crippen molar-refractivity contribution in [3.63, 3.8) is 0 Å². The van der Waals surface area contributed by atoms with Gasteiger partial charge in [0.15, 0.2) is 0 Å². The van der Waals surface area contributed by atoms with Crippen LogP contribution in [0.2, 0.25) is 0 Å².